The summed E-state index contributed by atoms with van der Waals surface area (Å²) in [5, 5.41) is 13.6. The topological polar surface area (TPSA) is 64.4 Å². The Morgan fingerprint density at radius 1 is 1.50 bits per heavy atom. The number of thiophene rings is 1. The van der Waals surface area contributed by atoms with E-state index in [4.69, 9.17) is 16.3 Å². The maximum absolute atomic E-state index is 13.8. The zero-order valence-electron chi connectivity index (χ0n) is 10.4. The number of rotatable bonds is 5. The van der Waals surface area contributed by atoms with E-state index in [1.165, 1.54) is 24.5 Å². The fraction of sp³-hybridized carbons (Fsp3) is 0.167. The molecule has 1 N–H and O–H groups in total. The second-order valence-electron chi connectivity index (χ2n) is 3.82. The second kappa shape index (κ2) is 6.06. The van der Waals surface area contributed by atoms with Crippen LogP contribution in [0.1, 0.15) is 4.88 Å². The number of anilines is 1. The molecule has 0 aliphatic carbocycles. The number of nitrogens with one attached hydrogen (secondary N) is 1. The van der Waals surface area contributed by atoms with Crippen molar-refractivity contribution in [2.45, 2.75) is 6.54 Å². The summed E-state index contributed by atoms with van der Waals surface area (Å²) in [5.74, 6) is -0.705. The van der Waals surface area contributed by atoms with Crippen molar-refractivity contribution in [2.75, 3.05) is 12.4 Å². The molecule has 0 unspecified atom stereocenters. The summed E-state index contributed by atoms with van der Waals surface area (Å²) in [4.78, 5) is 11.0. The van der Waals surface area contributed by atoms with E-state index in [0.29, 0.717) is 10.9 Å². The predicted octanol–water partition coefficient (Wildman–Crippen LogP) is 4.07. The third-order valence-electron chi connectivity index (χ3n) is 2.55. The molecule has 0 spiro atoms. The van der Waals surface area contributed by atoms with Gasteiger partial charge in [0.25, 0.3) is 0 Å². The minimum Gasteiger partial charge on any atom is -0.490 e. The van der Waals surface area contributed by atoms with Crippen molar-refractivity contribution in [3.05, 3.63) is 49.4 Å². The highest BCUT2D eigenvalue weighted by molar-refractivity contribution is 7.16. The smallest absolute Gasteiger partial charge is 0.313 e. The lowest BCUT2D eigenvalue weighted by atomic mass is 10.2. The summed E-state index contributed by atoms with van der Waals surface area (Å²) in [5.41, 5.74) is -0.272. The van der Waals surface area contributed by atoms with E-state index in [1.807, 2.05) is 6.07 Å². The van der Waals surface area contributed by atoms with E-state index < -0.39 is 16.4 Å². The number of nitro groups is 1. The molecule has 2 aromatic rings. The molecule has 0 aliphatic rings. The molecule has 0 saturated heterocycles. The maximum atomic E-state index is 13.8. The fourth-order valence-electron chi connectivity index (χ4n) is 1.61. The minimum absolute atomic E-state index is 0.00288. The molecular formula is C12H10ClFN2O3S. The molecule has 106 valence electrons. The lowest BCUT2D eigenvalue weighted by molar-refractivity contribution is -0.385. The number of nitrogens with zero attached hydrogens (tertiary/aromatic N) is 1. The van der Waals surface area contributed by atoms with Gasteiger partial charge in [-0.05, 0) is 12.1 Å². The fourth-order valence-corrected chi connectivity index (χ4v) is 2.64. The number of halogens is 2. The van der Waals surface area contributed by atoms with Crippen molar-refractivity contribution in [2.24, 2.45) is 0 Å². The molecule has 1 aromatic carbocycles. The zero-order chi connectivity index (χ0) is 14.7. The van der Waals surface area contributed by atoms with E-state index in [0.717, 1.165) is 10.9 Å². The summed E-state index contributed by atoms with van der Waals surface area (Å²) in [7, 11) is 1.29. The summed E-state index contributed by atoms with van der Waals surface area (Å²) >= 11 is 7.17. The first-order valence-corrected chi connectivity index (χ1v) is 6.70. The Kier molecular flexibility index (Phi) is 4.41. The molecule has 0 fully saturated rings. The van der Waals surface area contributed by atoms with Crippen molar-refractivity contribution in [1.82, 2.24) is 0 Å². The van der Waals surface area contributed by atoms with Crippen LogP contribution in [0.15, 0.2) is 24.3 Å². The van der Waals surface area contributed by atoms with Crippen LogP contribution in [0, 0.1) is 15.9 Å². The SMILES string of the molecule is COc1cc(NCc2ccc(Cl)s2)c(F)cc1[N+](=O)[O-]. The normalized spacial score (nSPS) is 10.3. The van der Waals surface area contributed by atoms with Gasteiger partial charge in [0, 0.05) is 17.5 Å². The quantitative estimate of drug-likeness (QED) is 0.667. The van der Waals surface area contributed by atoms with E-state index >= 15 is 0 Å². The lowest BCUT2D eigenvalue weighted by Gasteiger charge is -2.09. The second-order valence-corrected chi connectivity index (χ2v) is 5.62. The highest BCUT2D eigenvalue weighted by Gasteiger charge is 2.19. The van der Waals surface area contributed by atoms with Gasteiger partial charge in [-0.3, -0.25) is 10.1 Å². The molecule has 0 aliphatic heterocycles. The molecule has 0 amide bonds. The van der Waals surface area contributed by atoms with Gasteiger partial charge in [-0.15, -0.1) is 11.3 Å². The zero-order valence-corrected chi connectivity index (χ0v) is 11.9. The number of hydrogen-bond acceptors (Lipinski definition) is 5. The molecule has 1 aromatic heterocycles. The van der Waals surface area contributed by atoms with Crippen LogP contribution in [0.3, 0.4) is 0 Å². The van der Waals surface area contributed by atoms with Crippen molar-refractivity contribution in [3.8, 4) is 5.75 Å². The van der Waals surface area contributed by atoms with Gasteiger partial charge in [-0.2, -0.15) is 0 Å². The summed E-state index contributed by atoms with van der Waals surface area (Å²) < 4.78 is 19.3. The molecule has 0 radical (unpaired) electrons. The summed E-state index contributed by atoms with van der Waals surface area (Å²) in [6.45, 7) is 0.370. The Morgan fingerprint density at radius 3 is 2.80 bits per heavy atom. The van der Waals surface area contributed by atoms with Crippen LogP contribution in [-0.4, -0.2) is 12.0 Å². The predicted molar refractivity (Wildman–Crippen MR) is 76.3 cm³/mol. The van der Waals surface area contributed by atoms with Crippen LogP contribution in [-0.2, 0) is 6.54 Å². The van der Waals surface area contributed by atoms with Gasteiger partial charge in [0.05, 0.1) is 28.1 Å². The third kappa shape index (κ3) is 3.17. The van der Waals surface area contributed by atoms with E-state index in [2.05, 4.69) is 5.32 Å². The van der Waals surface area contributed by atoms with Gasteiger partial charge < -0.3 is 10.1 Å². The van der Waals surface area contributed by atoms with Crippen molar-refractivity contribution in [3.63, 3.8) is 0 Å². The summed E-state index contributed by atoms with van der Waals surface area (Å²) in [6.07, 6.45) is 0. The molecule has 0 bridgehead atoms. The Labute approximate surface area is 123 Å². The van der Waals surface area contributed by atoms with Gasteiger partial charge in [-0.25, -0.2) is 4.39 Å². The van der Waals surface area contributed by atoms with Crippen LogP contribution in [0.4, 0.5) is 15.8 Å². The first kappa shape index (κ1) is 14.5. The number of methoxy groups -OCH3 is 1. The molecular weight excluding hydrogens is 307 g/mol. The van der Waals surface area contributed by atoms with Crippen LogP contribution < -0.4 is 10.1 Å². The highest BCUT2D eigenvalue weighted by Crippen LogP contribution is 2.32. The molecule has 0 atom stereocenters. The van der Waals surface area contributed by atoms with E-state index in [1.54, 1.807) is 6.07 Å². The van der Waals surface area contributed by atoms with Crippen LogP contribution in [0.2, 0.25) is 4.34 Å². The number of ether oxygens (including phenoxy) is 1. The third-order valence-corrected chi connectivity index (χ3v) is 3.78. The van der Waals surface area contributed by atoms with Crippen LogP contribution >= 0.6 is 22.9 Å². The Morgan fingerprint density at radius 2 is 2.25 bits per heavy atom. The Hall–Kier alpha value is -1.86. The van der Waals surface area contributed by atoms with Crippen molar-refractivity contribution < 1.29 is 14.1 Å². The molecule has 5 nitrogen and oxygen atoms in total. The monoisotopic (exact) mass is 316 g/mol. The molecule has 2 rings (SSSR count). The number of hydrogen-bond donors (Lipinski definition) is 1. The molecule has 1 heterocycles. The number of benzene rings is 1. The number of nitro benzene ring substituents is 1. The largest absolute Gasteiger partial charge is 0.490 e. The molecule has 20 heavy (non-hydrogen) atoms. The van der Waals surface area contributed by atoms with E-state index in [-0.39, 0.29) is 11.4 Å². The van der Waals surface area contributed by atoms with Gasteiger partial charge in [0.1, 0.15) is 0 Å². The molecule has 8 heteroatoms. The maximum Gasteiger partial charge on any atom is 0.313 e. The van der Waals surface area contributed by atoms with Crippen molar-refractivity contribution in [1.29, 1.82) is 0 Å². The first-order chi connectivity index (χ1) is 9.51. The van der Waals surface area contributed by atoms with Crippen LogP contribution in [0.25, 0.3) is 0 Å². The van der Waals surface area contributed by atoms with Crippen molar-refractivity contribution >= 4 is 34.3 Å². The summed E-state index contributed by atoms with van der Waals surface area (Å²) in [6, 6.07) is 5.67. The Balaban J connectivity index is 2.21. The van der Waals surface area contributed by atoms with Crippen LogP contribution in [0.5, 0.6) is 5.75 Å². The first-order valence-electron chi connectivity index (χ1n) is 5.51. The highest BCUT2D eigenvalue weighted by atomic mass is 35.5. The van der Waals surface area contributed by atoms with Gasteiger partial charge in [-0.1, -0.05) is 11.6 Å². The minimum atomic E-state index is -0.708. The van der Waals surface area contributed by atoms with Gasteiger partial charge in [0.2, 0.25) is 0 Å². The lowest BCUT2D eigenvalue weighted by Crippen LogP contribution is -2.02. The van der Waals surface area contributed by atoms with E-state index in [9.17, 15) is 14.5 Å². The average molecular weight is 317 g/mol. The standard InChI is InChI=1S/C12H10ClFN2O3S/c1-19-11-5-9(8(14)4-10(11)16(17)18)15-6-7-2-3-12(13)20-7/h2-5,15H,6H2,1H3. The van der Waals surface area contributed by atoms with Gasteiger partial charge in [0.15, 0.2) is 11.6 Å². The average Bonchev–Trinajstić information content (AvgIpc) is 2.82. The Bertz CT molecular complexity index is 648. The molecule has 0 saturated carbocycles. The van der Waals surface area contributed by atoms with Gasteiger partial charge >= 0.3 is 5.69 Å².